The molecule has 3 aliphatic carbocycles. The van der Waals surface area contributed by atoms with E-state index in [2.05, 4.69) is 62.5 Å². The van der Waals surface area contributed by atoms with Crippen LogP contribution in [-0.2, 0) is 25.4 Å². The van der Waals surface area contributed by atoms with E-state index in [4.69, 9.17) is 24.2 Å². The molecule has 0 amide bonds. The average molecular weight is 803 g/mol. The number of ether oxygens (including phenoxy) is 5. The second kappa shape index (κ2) is 18.5. The molecule has 3 aliphatic rings. The van der Waals surface area contributed by atoms with E-state index < -0.39 is 43.6 Å². The zero-order chi connectivity index (χ0) is 40.8. The Morgan fingerprint density at radius 3 is 2.05 bits per heavy atom. The van der Waals surface area contributed by atoms with Crippen molar-refractivity contribution in [3.63, 3.8) is 0 Å². The minimum absolute atomic E-state index is 0.198. The van der Waals surface area contributed by atoms with Gasteiger partial charge in [0.1, 0.15) is 5.75 Å². The predicted octanol–water partition coefficient (Wildman–Crippen LogP) is 10.3. The molecule has 0 saturated heterocycles. The van der Waals surface area contributed by atoms with Crippen LogP contribution in [-0.4, -0.2) is 86.7 Å². The molecule has 2 fully saturated rings. The molecule has 4 rings (SSSR count). The monoisotopic (exact) mass is 802 g/mol. The summed E-state index contributed by atoms with van der Waals surface area (Å²) in [4.78, 5) is 2.13. The summed E-state index contributed by atoms with van der Waals surface area (Å²) in [6.07, 6.45) is -14.8. The number of nitrogens with zero attached hydrogens (tertiary/aromatic N) is 2. The molecular formula is C39H55F9N2O5. The number of rotatable bonds is 19. The second-order valence-corrected chi connectivity index (χ2v) is 15.8. The lowest BCUT2D eigenvalue weighted by atomic mass is 9.55. The van der Waals surface area contributed by atoms with Crippen LogP contribution in [0.5, 0.6) is 5.75 Å². The van der Waals surface area contributed by atoms with Gasteiger partial charge >= 0.3 is 24.1 Å². The van der Waals surface area contributed by atoms with Crippen molar-refractivity contribution in [2.24, 2.45) is 17.3 Å². The molecule has 16 heteroatoms. The van der Waals surface area contributed by atoms with Gasteiger partial charge in [-0.05, 0) is 132 Å². The lowest BCUT2D eigenvalue weighted by Gasteiger charge is -2.50. The summed E-state index contributed by atoms with van der Waals surface area (Å²) in [6.45, 7) is 9.96. The van der Waals surface area contributed by atoms with E-state index in [9.17, 15) is 39.5 Å². The molecule has 6 atom stereocenters. The molecule has 55 heavy (non-hydrogen) atoms. The number of hydrogen-bond acceptors (Lipinski definition) is 7. The Kier molecular flexibility index (Phi) is 15.3. The first-order chi connectivity index (χ1) is 25.7. The zero-order valence-electron chi connectivity index (χ0n) is 32.2. The Labute approximate surface area is 318 Å². The summed E-state index contributed by atoms with van der Waals surface area (Å²) >= 11 is 0. The first-order valence-corrected chi connectivity index (χ1v) is 19.3. The van der Waals surface area contributed by atoms with Gasteiger partial charge in [0.05, 0.1) is 45.0 Å². The van der Waals surface area contributed by atoms with Crippen molar-refractivity contribution < 1.29 is 63.2 Å². The van der Waals surface area contributed by atoms with E-state index in [1.54, 1.807) is 0 Å². The van der Waals surface area contributed by atoms with Crippen LogP contribution in [0.25, 0.3) is 0 Å². The van der Waals surface area contributed by atoms with Gasteiger partial charge < -0.3 is 23.7 Å². The van der Waals surface area contributed by atoms with Crippen LogP contribution in [0.15, 0.2) is 18.2 Å². The van der Waals surface area contributed by atoms with Gasteiger partial charge in [-0.15, -0.1) is 0 Å². The third-order valence-corrected chi connectivity index (χ3v) is 11.7. The molecule has 0 aliphatic heterocycles. The number of alkyl halides is 9. The maximum Gasteiger partial charge on any atom is 0.435 e. The normalized spacial score (nSPS) is 25.2. The molecule has 0 heterocycles. The summed E-state index contributed by atoms with van der Waals surface area (Å²) in [7, 11) is 0. The maximum atomic E-state index is 13.2. The van der Waals surface area contributed by atoms with E-state index in [0.717, 1.165) is 50.7 Å². The molecule has 1 unspecified atom stereocenters. The molecule has 0 bridgehead atoms. The molecule has 1 aromatic carbocycles. The number of halogens is 9. The summed E-state index contributed by atoms with van der Waals surface area (Å²) in [5.41, 5.74) is -3.99. The molecule has 0 spiro atoms. The first kappa shape index (κ1) is 45.4. The van der Waals surface area contributed by atoms with Gasteiger partial charge in [0.15, 0.2) is 0 Å². The molecule has 314 valence electrons. The molecule has 0 aromatic heterocycles. The van der Waals surface area contributed by atoms with Crippen LogP contribution < -0.4 is 4.74 Å². The van der Waals surface area contributed by atoms with Gasteiger partial charge in [0, 0.05) is 18.7 Å². The molecule has 0 radical (unpaired) electrons. The van der Waals surface area contributed by atoms with E-state index in [-0.39, 0.29) is 42.5 Å². The lowest BCUT2D eigenvalue weighted by Crippen LogP contribution is -2.67. The van der Waals surface area contributed by atoms with Crippen molar-refractivity contribution in [2.45, 2.75) is 153 Å². The summed E-state index contributed by atoms with van der Waals surface area (Å²) in [6, 6.07) is 8.76. The number of nitriles is 1. The van der Waals surface area contributed by atoms with Crippen LogP contribution in [0.3, 0.4) is 0 Å². The fourth-order valence-corrected chi connectivity index (χ4v) is 9.20. The highest BCUT2D eigenvalue weighted by molar-refractivity contribution is 5.40. The van der Waals surface area contributed by atoms with Crippen LogP contribution in [0.2, 0.25) is 0 Å². The van der Waals surface area contributed by atoms with Crippen LogP contribution in [0, 0.1) is 28.6 Å². The third kappa shape index (κ3) is 10.0. The zero-order valence-corrected chi connectivity index (χ0v) is 32.2. The Morgan fingerprint density at radius 2 is 1.44 bits per heavy atom. The SMILES string of the molecule is CC(C)N(C(C)C)C(OCCC#N)OCCCCOc1ccc2c(c1)CC[C@@H]1[C@@H]2CC[C@]2(C)[C@@H](OCCCOC(C(F)(F)F)(C(F)(F)F)C(F)(F)F)CC[C@@H]12. The molecule has 2 saturated carbocycles. The summed E-state index contributed by atoms with van der Waals surface area (Å²) in [5, 5.41) is 8.90. The molecule has 0 N–H and O–H groups in total. The van der Waals surface area contributed by atoms with Crippen LogP contribution in [0.4, 0.5) is 39.5 Å². The van der Waals surface area contributed by atoms with Gasteiger partial charge in [-0.2, -0.15) is 44.8 Å². The van der Waals surface area contributed by atoms with Gasteiger partial charge in [-0.25, -0.2) is 0 Å². The summed E-state index contributed by atoms with van der Waals surface area (Å²) < 4.78 is 146. The highest BCUT2D eigenvalue weighted by Gasteiger charge is 2.85. The smallest absolute Gasteiger partial charge is 0.435 e. The number of fused-ring (bicyclic) bond motifs is 5. The molecule has 7 nitrogen and oxygen atoms in total. The highest BCUT2D eigenvalue weighted by Crippen LogP contribution is 2.62. The van der Waals surface area contributed by atoms with Gasteiger partial charge in [0.2, 0.25) is 6.41 Å². The van der Waals surface area contributed by atoms with Crippen molar-refractivity contribution in [2.75, 3.05) is 33.0 Å². The van der Waals surface area contributed by atoms with Gasteiger partial charge in [-0.3, -0.25) is 4.90 Å². The first-order valence-electron chi connectivity index (χ1n) is 19.3. The standard InChI is InChI=1S/C39H55F9N2O5/c1-25(2)50(26(3)4)34(54-21-8-18-49)53-20-7-6-19-51-28-11-13-29-27(24-28)10-12-31-30(29)16-17-35(5)32(31)14-15-33(35)52-22-9-23-55-36(37(40,41)42,38(43,44)45)39(46,47)48/h11,13,24-26,30-34H,6-10,12,14-17,19-23H2,1-5H3/t30-,31-,32+,33+,34?,35+/m1/s1. The Bertz CT molecular complexity index is 1370. The van der Waals surface area contributed by atoms with Crippen molar-refractivity contribution in [3.05, 3.63) is 29.3 Å². The van der Waals surface area contributed by atoms with Crippen molar-refractivity contribution in [1.82, 2.24) is 4.90 Å². The van der Waals surface area contributed by atoms with Gasteiger partial charge in [0.25, 0.3) is 0 Å². The number of aryl methyl sites for hydroxylation is 1. The Hall–Kier alpha value is -2.32. The largest absolute Gasteiger partial charge is 0.494 e. The minimum atomic E-state index is -6.75. The topological polar surface area (TPSA) is 73.2 Å². The highest BCUT2D eigenvalue weighted by atomic mass is 19.4. The van der Waals surface area contributed by atoms with E-state index in [0.29, 0.717) is 38.1 Å². The van der Waals surface area contributed by atoms with Crippen molar-refractivity contribution >= 4 is 0 Å². The minimum Gasteiger partial charge on any atom is -0.494 e. The van der Waals surface area contributed by atoms with E-state index >= 15 is 0 Å². The Balaban J connectivity index is 1.25. The number of unbranched alkanes of at least 4 members (excludes halogenated alkanes) is 1. The number of hydrogen-bond donors (Lipinski definition) is 0. The lowest BCUT2D eigenvalue weighted by molar-refractivity contribution is -0.457. The van der Waals surface area contributed by atoms with Crippen LogP contribution >= 0.6 is 0 Å². The molecular weight excluding hydrogens is 747 g/mol. The van der Waals surface area contributed by atoms with Crippen molar-refractivity contribution in [1.29, 1.82) is 5.26 Å². The second-order valence-electron chi connectivity index (χ2n) is 15.8. The maximum absolute atomic E-state index is 13.2. The fraction of sp³-hybridized carbons (Fsp3) is 0.821. The van der Waals surface area contributed by atoms with Crippen LogP contribution in [0.1, 0.15) is 109 Å². The van der Waals surface area contributed by atoms with Crippen molar-refractivity contribution in [3.8, 4) is 11.8 Å². The van der Waals surface area contributed by atoms with Gasteiger partial charge in [-0.1, -0.05) is 13.0 Å². The Morgan fingerprint density at radius 1 is 0.800 bits per heavy atom. The quantitative estimate of drug-likeness (QED) is 0.0784. The summed E-state index contributed by atoms with van der Waals surface area (Å²) in [5.74, 6) is 1.80. The average Bonchev–Trinajstić information content (AvgIpc) is 3.41. The predicted molar refractivity (Wildman–Crippen MR) is 185 cm³/mol. The van der Waals surface area contributed by atoms with E-state index in [1.165, 1.54) is 11.1 Å². The third-order valence-electron chi connectivity index (χ3n) is 11.7. The molecule has 1 aromatic rings. The fourth-order valence-electron chi connectivity index (χ4n) is 9.20. The number of benzene rings is 1. The van der Waals surface area contributed by atoms with E-state index in [1.807, 2.05) is 6.07 Å².